The van der Waals surface area contributed by atoms with Crippen molar-refractivity contribution in [2.24, 2.45) is 5.92 Å². The zero-order chi connectivity index (χ0) is 16.8. The predicted molar refractivity (Wildman–Crippen MR) is 88.0 cm³/mol. The van der Waals surface area contributed by atoms with E-state index in [9.17, 15) is 9.59 Å². The lowest BCUT2D eigenvalue weighted by atomic mass is 9.98. The number of likely N-dealkylation sites (tertiary alicyclic amines) is 1. The lowest BCUT2D eigenvalue weighted by Gasteiger charge is -2.32. The number of piperidine rings is 1. The van der Waals surface area contributed by atoms with E-state index in [4.69, 9.17) is 0 Å². The van der Waals surface area contributed by atoms with Crippen LogP contribution in [0.25, 0.3) is 0 Å². The number of carbonyl (C=O) groups excluding carboxylic acids is 2. The largest absolute Gasteiger partial charge is 0.354 e. The molecule has 132 valence electrons. The summed E-state index contributed by atoms with van der Waals surface area (Å²) in [4.78, 5) is 30.4. The van der Waals surface area contributed by atoms with Gasteiger partial charge >= 0.3 is 0 Å². The standard InChI is InChI=1S/C16H26N6O2/c23-15(20-14-5-1-2-6-18-16(14)24)10-21-7-3-4-13(8-21)9-22-12-17-11-19-22/h11-14H,1-10H2,(H,18,24)(H,20,23)/t13-,14-/m0/s1. The average Bonchev–Trinajstić information content (AvgIpc) is 2.98. The summed E-state index contributed by atoms with van der Waals surface area (Å²) in [7, 11) is 0. The summed E-state index contributed by atoms with van der Waals surface area (Å²) >= 11 is 0. The second-order valence-electron chi connectivity index (χ2n) is 6.77. The quantitative estimate of drug-likeness (QED) is 0.776. The number of rotatable bonds is 5. The van der Waals surface area contributed by atoms with Crippen LogP contribution in [0.3, 0.4) is 0 Å². The Morgan fingerprint density at radius 3 is 3.08 bits per heavy atom. The van der Waals surface area contributed by atoms with E-state index >= 15 is 0 Å². The maximum atomic E-state index is 12.3. The molecule has 0 aromatic carbocycles. The molecule has 3 rings (SSSR count). The van der Waals surface area contributed by atoms with Gasteiger partial charge in [-0.15, -0.1) is 0 Å². The molecular formula is C16H26N6O2. The maximum Gasteiger partial charge on any atom is 0.242 e. The summed E-state index contributed by atoms with van der Waals surface area (Å²) in [6.45, 7) is 3.71. The van der Waals surface area contributed by atoms with Crippen molar-refractivity contribution in [1.82, 2.24) is 30.3 Å². The van der Waals surface area contributed by atoms with E-state index in [1.807, 2.05) is 4.68 Å². The molecule has 8 nitrogen and oxygen atoms in total. The van der Waals surface area contributed by atoms with E-state index in [0.717, 1.165) is 51.7 Å². The fraction of sp³-hybridized carbons (Fsp3) is 0.750. The third-order valence-electron chi connectivity index (χ3n) is 4.75. The number of aromatic nitrogens is 3. The van der Waals surface area contributed by atoms with Crippen LogP contribution in [-0.2, 0) is 16.1 Å². The molecule has 2 atom stereocenters. The Labute approximate surface area is 142 Å². The van der Waals surface area contributed by atoms with Gasteiger partial charge in [-0.3, -0.25) is 19.2 Å². The first-order chi connectivity index (χ1) is 11.7. The Hall–Kier alpha value is -1.96. The van der Waals surface area contributed by atoms with Gasteiger partial charge in [0.1, 0.15) is 18.7 Å². The van der Waals surface area contributed by atoms with Gasteiger partial charge in [0.15, 0.2) is 0 Å². The summed E-state index contributed by atoms with van der Waals surface area (Å²) in [5.74, 6) is 0.372. The third kappa shape index (κ3) is 4.77. The van der Waals surface area contributed by atoms with Crippen molar-refractivity contribution in [1.29, 1.82) is 0 Å². The van der Waals surface area contributed by atoms with Gasteiger partial charge < -0.3 is 10.6 Å². The Morgan fingerprint density at radius 2 is 2.25 bits per heavy atom. The van der Waals surface area contributed by atoms with Crippen molar-refractivity contribution in [3.8, 4) is 0 Å². The molecule has 2 saturated heterocycles. The molecule has 2 aliphatic heterocycles. The molecule has 1 aromatic rings. The monoisotopic (exact) mass is 334 g/mol. The Morgan fingerprint density at radius 1 is 1.33 bits per heavy atom. The van der Waals surface area contributed by atoms with Gasteiger partial charge in [-0.25, -0.2) is 4.98 Å². The van der Waals surface area contributed by atoms with Crippen molar-refractivity contribution in [3.05, 3.63) is 12.7 Å². The lowest BCUT2D eigenvalue weighted by molar-refractivity contribution is -0.129. The predicted octanol–water partition coefficient (Wildman–Crippen LogP) is -0.225. The van der Waals surface area contributed by atoms with Crippen LogP contribution in [0.5, 0.6) is 0 Å². The molecule has 2 amide bonds. The van der Waals surface area contributed by atoms with Crippen LogP contribution in [0.4, 0.5) is 0 Å². The van der Waals surface area contributed by atoms with Gasteiger partial charge in [-0.05, 0) is 44.6 Å². The highest BCUT2D eigenvalue weighted by Crippen LogP contribution is 2.17. The normalized spacial score (nSPS) is 25.8. The topological polar surface area (TPSA) is 92.2 Å². The van der Waals surface area contributed by atoms with Crippen LogP contribution in [0, 0.1) is 5.92 Å². The molecule has 0 saturated carbocycles. The fourth-order valence-electron chi connectivity index (χ4n) is 3.56. The number of nitrogens with one attached hydrogen (secondary N) is 2. The smallest absolute Gasteiger partial charge is 0.242 e. The van der Waals surface area contributed by atoms with Gasteiger partial charge in [-0.2, -0.15) is 5.10 Å². The third-order valence-corrected chi connectivity index (χ3v) is 4.75. The van der Waals surface area contributed by atoms with Crippen LogP contribution in [0.1, 0.15) is 32.1 Å². The molecule has 0 bridgehead atoms. The van der Waals surface area contributed by atoms with E-state index in [1.165, 1.54) is 0 Å². The molecule has 2 N–H and O–H groups in total. The Bertz CT molecular complexity index is 547. The minimum Gasteiger partial charge on any atom is -0.354 e. The number of hydrogen-bond acceptors (Lipinski definition) is 5. The van der Waals surface area contributed by atoms with Crippen LogP contribution < -0.4 is 10.6 Å². The van der Waals surface area contributed by atoms with Gasteiger partial charge in [0.2, 0.25) is 11.8 Å². The van der Waals surface area contributed by atoms with E-state index in [1.54, 1.807) is 12.7 Å². The highest BCUT2D eigenvalue weighted by molar-refractivity contribution is 5.88. The highest BCUT2D eigenvalue weighted by atomic mass is 16.2. The molecule has 24 heavy (non-hydrogen) atoms. The number of amides is 2. The minimum atomic E-state index is -0.379. The molecule has 0 unspecified atom stereocenters. The number of nitrogens with zero attached hydrogens (tertiary/aromatic N) is 4. The number of hydrogen-bond donors (Lipinski definition) is 2. The van der Waals surface area contributed by atoms with Crippen LogP contribution in [-0.4, -0.2) is 63.7 Å². The van der Waals surface area contributed by atoms with Crippen LogP contribution >= 0.6 is 0 Å². The zero-order valence-corrected chi connectivity index (χ0v) is 14.0. The van der Waals surface area contributed by atoms with Crippen LogP contribution in [0.15, 0.2) is 12.7 Å². The van der Waals surface area contributed by atoms with Crippen molar-refractivity contribution in [2.75, 3.05) is 26.2 Å². The van der Waals surface area contributed by atoms with Gasteiger partial charge in [0, 0.05) is 19.6 Å². The Balaban J connectivity index is 1.45. The lowest BCUT2D eigenvalue weighted by Crippen LogP contribution is -2.50. The van der Waals surface area contributed by atoms with E-state index < -0.39 is 0 Å². The number of carbonyl (C=O) groups is 2. The zero-order valence-electron chi connectivity index (χ0n) is 14.0. The van der Waals surface area contributed by atoms with Crippen molar-refractivity contribution in [2.45, 2.75) is 44.7 Å². The molecule has 8 heteroatoms. The van der Waals surface area contributed by atoms with E-state index in [2.05, 4.69) is 25.6 Å². The molecule has 1 aromatic heterocycles. The highest BCUT2D eigenvalue weighted by Gasteiger charge is 2.25. The van der Waals surface area contributed by atoms with Crippen molar-refractivity contribution < 1.29 is 9.59 Å². The summed E-state index contributed by atoms with van der Waals surface area (Å²) in [6.07, 6.45) is 8.18. The summed E-state index contributed by atoms with van der Waals surface area (Å²) in [6, 6.07) is -0.379. The van der Waals surface area contributed by atoms with Crippen molar-refractivity contribution >= 4 is 11.8 Å². The summed E-state index contributed by atoms with van der Waals surface area (Å²) in [5, 5.41) is 9.90. The molecule has 0 radical (unpaired) electrons. The molecule has 2 fully saturated rings. The second kappa shape index (κ2) is 8.23. The molecule has 0 aliphatic carbocycles. The first kappa shape index (κ1) is 16.9. The van der Waals surface area contributed by atoms with Gasteiger partial charge in [0.25, 0.3) is 0 Å². The summed E-state index contributed by atoms with van der Waals surface area (Å²) in [5.41, 5.74) is 0. The summed E-state index contributed by atoms with van der Waals surface area (Å²) < 4.78 is 1.85. The molecule has 3 heterocycles. The van der Waals surface area contributed by atoms with Gasteiger partial charge in [-0.1, -0.05) is 0 Å². The maximum absolute atomic E-state index is 12.3. The first-order valence-electron chi connectivity index (χ1n) is 8.82. The van der Waals surface area contributed by atoms with Crippen molar-refractivity contribution in [3.63, 3.8) is 0 Å². The second-order valence-corrected chi connectivity index (χ2v) is 6.77. The van der Waals surface area contributed by atoms with Crippen LogP contribution in [0.2, 0.25) is 0 Å². The molecular weight excluding hydrogens is 308 g/mol. The molecule has 2 aliphatic rings. The van der Waals surface area contributed by atoms with E-state index in [-0.39, 0.29) is 17.9 Å². The SMILES string of the molecule is O=C(CN1CCC[C@H](Cn2cncn2)C1)N[C@H]1CCCCNC1=O. The Kier molecular flexibility index (Phi) is 5.79. The van der Waals surface area contributed by atoms with Gasteiger partial charge in [0.05, 0.1) is 6.54 Å². The average molecular weight is 334 g/mol. The first-order valence-corrected chi connectivity index (χ1v) is 8.82. The van der Waals surface area contributed by atoms with E-state index in [0.29, 0.717) is 19.0 Å². The fourth-order valence-corrected chi connectivity index (χ4v) is 3.56. The molecule has 0 spiro atoms. The minimum absolute atomic E-state index is 0.0523.